The first kappa shape index (κ1) is 12.1. The van der Waals surface area contributed by atoms with E-state index in [9.17, 15) is 0 Å². The summed E-state index contributed by atoms with van der Waals surface area (Å²) >= 11 is 7.51. The standard InChI is InChI=1S/C13H12ClNOS/c1-16-11-6-3-7-12(13(11)15)17-10-5-2-4-9(14)8-10/h2-8H,15H2,1H3. The Bertz CT molecular complexity index is 531. The third kappa shape index (κ3) is 2.87. The Balaban J connectivity index is 2.30. The Morgan fingerprint density at radius 1 is 1.18 bits per heavy atom. The number of nitrogen functional groups attached to an aromatic ring is 1. The van der Waals surface area contributed by atoms with Crippen molar-refractivity contribution in [2.45, 2.75) is 9.79 Å². The van der Waals surface area contributed by atoms with Crippen molar-refractivity contribution < 1.29 is 4.74 Å². The number of halogens is 1. The van der Waals surface area contributed by atoms with Crippen molar-refractivity contribution >= 4 is 29.1 Å². The fraction of sp³-hybridized carbons (Fsp3) is 0.0769. The molecule has 0 heterocycles. The van der Waals surface area contributed by atoms with Crippen molar-refractivity contribution in [3.63, 3.8) is 0 Å². The highest BCUT2D eigenvalue weighted by Gasteiger charge is 2.06. The van der Waals surface area contributed by atoms with E-state index in [1.54, 1.807) is 18.9 Å². The SMILES string of the molecule is COc1cccc(Sc2cccc(Cl)c2)c1N. The molecule has 0 unspecified atom stereocenters. The first-order valence-corrected chi connectivity index (χ1v) is 6.26. The predicted octanol–water partition coefficient (Wildman–Crippen LogP) is 4.08. The summed E-state index contributed by atoms with van der Waals surface area (Å²) in [7, 11) is 1.61. The number of benzene rings is 2. The van der Waals surface area contributed by atoms with Crippen LogP contribution in [-0.4, -0.2) is 7.11 Å². The molecule has 2 N–H and O–H groups in total. The number of ether oxygens (including phenoxy) is 1. The molecule has 0 aromatic heterocycles. The number of hydrogen-bond acceptors (Lipinski definition) is 3. The third-order valence-corrected chi connectivity index (χ3v) is 3.57. The first-order valence-electron chi connectivity index (χ1n) is 5.06. The summed E-state index contributed by atoms with van der Waals surface area (Å²) in [5.41, 5.74) is 6.65. The first-order chi connectivity index (χ1) is 8.20. The van der Waals surface area contributed by atoms with Crippen LogP contribution in [0, 0.1) is 0 Å². The fourth-order valence-corrected chi connectivity index (χ4v) is 2.65. The normalized spacial score (nSPS) is 10.2. The van der Waals surface area contributed by atoms with Gasteiger partial charge in [0.05, 0.1) is 12.8 Å². The molecule has 0 aliphatic heterocycles. The van der Waals surface area contributed by atoms with Crippen molar-refractivity contribution in [2.75, 3.05) is 12.8 Å². The van der Waals surface area contributed by atoms with Crippen LogP contribution in [0.2, 0.25) is 5.02 Å². The van der Waals surface area contributed by atoms with Crippen LogP contribution in [0.4, 0.5) is 5.69 Å². The molecule has 0 saturated heterocycles. The Hall–Kier alpha value is -1.32. The summed E-state index contributed by atoms with van der Waals surface area (Å²) in [6, 6.07) is 13.4. The van der Waals surface area contributed by atoms with E-state index >= 15 is 0 Å². The average Bonchev–Trinajstić information content (AvgIpc) is 2.32. The van der Waals surface area contributed by atoms with Gasteiger partial charge in [-0.1, -0.05) is 35.5 Å². The van der Waals surface area contributed by atoms with Crippen LogP contribution >= 0.6 is 23.4 Å². The minimum absolute atomic E-state index is 0.653. The van der Waals surface area contributed by atoms with E-state index in [0.717, 1.165) is 14.8 Å². The van der Waals surface area contributed by atoms with Gasteiger partial charge >= 0.3 is 0 Å². The summed E-state index contributed by atoms with van der Waals surface area (Å²) in [5, 5.41) is 0.719. The van der Waals surface area contributed by atoms with Crippen molar-refractivity contribution in [3.05, 3.63) is 47.5 Å². The quantitative estimate of drug-likeness (QED) is 0.850. The predicted molar refractivity (Wildman–Crippen MR) is 73.0 cm³/mol. The lowest BCUT2D eigenvalue weighted by atomic mass is 10.3. The molecule has 88 valence electrons. The molecule has 0 bridgehead atoms. The molecule has 0 spiro atoms. The lowest BCUT2D eigenvalue weighted by Gasteiger charge is -2.09. The lowest BCUT2D eigenvalue weighted by Crippen LogP contribution is -1.93. The molecule has 0 fully saturated rings. The Morgan fingerprint density at radius 2 is 1.94 bits per heavy atom. The van der Waals surface area contributed by atoms with Gasteiger partial charge in [-0.2, -0.15) is 0 Å². The Labute approximate surface area is 110 Å². The van der Waals surface area contributed by atoms with Crippen LogP contribution < -0.4 is 10.5 Å². The van der Waals surface area contributed by atoms with Crippen LogP contribution in [0.3, 0.4) is 0 Å². The number of hydrogen-bond donors (Lipinski definition) is 1. The molecule has 2 rings (SSSR count). The Morgan fingerprint density at radius 3 is 2.65 bits per heavy atom. The molecule has 2 aromatic rings. The minimum Gasteiger partial charge on any atom is -0.495 e. The van der Waals surface area contributed by atoms with E-state index in [0.29, 0.717) is 11.4 Å². The summed E-state index contributed by atoms with van der Waals surface area (Å²) in [6.45, 7) is 0. The van der Waals surface area contributed by atoms with Gasteiger partial charge in [-0.3, -0.25) is 0 Å². The largest absolute Gasteiger partial charge is 0.495 e. The average molecular weight is 266 g/mol. The number of rotatable bonds is 3. The topological polar surface area (TPSA) is 35.2 Å². The van der Waals surface area contributed by atoms with Crippen LogP contribution in [0.5, 0.6) is 5.75 Å². The molecule has 0 atom stereocenters. The third-order valence-electron chi connectivity index (χ3n) is 2.27. The highest BCUT2D eigenvalue weighted by atomic mass is 35.5. The summed E-state index contributed by atoms with van der Waals surface area (Å²) < 4.78 is 5.18. The molecule has 0 saturated carbocycles. The number of methoxy groups -OCH3 is 1. The van der Waals surface area contributed by atoms with E-state index in [1.165, 1.54) is 0 Å². The summed E-state index contributed by atoms with van der Waals surface area (Å²) in [6.07, 6.45) is 0. The fourth-order valence-electron chi connectivity index (χ4n) is 1.45. The van der Waals surface area contributed by atoms with Gasteiger partial charge < -0.3 is 10.5 Å². The molecule has 0 amide bonds. The maximum atomic E-state index is 6.00. The van der Waals surface area contributed by atoms with Crippen LogP contribution in [0.15, 0.2) is 52.3 Å². The summed E-state index contributed by atoms with van der Waals surface area (Å²) in [5.74, 6) is 0.692. The highest BCUT2D eigenvalue weighted by molar-refractivity contribution is 7.99. The maximum Gasteiger partial charge on any atom is 0.142 e. The second kappa shape index (κ2) is 5.34. The molecule has 0 radical (unpaired) electrons. The van der Waals surface area contributed by atoms with Gasteiger partial charge in [0.2, 0.25) is 0 Å². The molecule has 0 aliphatic rings. The Kier molecular flexibility index (Phi) is 3.82. The monoisotopic (exact) mass is 265 g/mol. The van der Waals surface area contributed by atoms with Crippen molar-refractivity contribution in [1.82, 2.24) is 0 Å². The van der Waals surface area contributed by atoms with Crippen LogP contribution in [0.25, 0.3) is 0 Å². The van der Waals surface area contributed by atoms with Gasteiger partial charge in [-0.25, -0.2) is 0 Å². The molecule has 17 heavy (non-hydrogen) atoms. The molecule has 2 nitrogen and oxygen atoms in total. The van der Waals surface area contributed by atoms with Gasteiger partial charge in [0, 0.05) is 14.8 Å². The van der Waals surface area contributed by atoms with Gasteiger partial charge in [0.15, 0.2) is 0 Å². The second-order valence-corrected chi connectivity index (χ2v) is 4.98. The zero-order valence-electron chi connectivity index (χ0n) is 9.31. The molecule has 4 heteroatoms. The van der Waals surface area contributed by atoms with Gasteiger partial charge in [0.25, 0.3) is 0 Å². The maximum absolute atomic E-state index is 6.00. The second-order valence-electron chi connectivity index (χ2n) is 3.43. The van der Waals surface area contributed by atoms with E-state index in [1.807, 2.05) is 42.5 Å². The zero-order chi connectivity index (χ0) is 12.3. The van der Waals surface area contributed by atoms with Crippen molar-refractivity contribution in [1.29, 1.82) is 0 Å². The van der Waals surface area contributed by atoms with E-state index in [-0.39, 0.29) is 0 Å². The van der Waals surface area contributed by atoms with E-state index < -0.39 is 0 Å². The smallest absolute Gasteiger partial charge is 0.142 e. The zero-order valence-corrected chi connectivity index (χ0v) is 10.9. The number of nitrogens with two attached hydrogens (primary N) is 1. The molecular formula is C13H12ClNOS. The lowest BCUT2D eigenvalue weighted by molar-refractivity contribution is 0.416. The summed E-state index contributed by atoms with van der Waals surface area (Å²) in [4.78, 5) is 2.02. The van der Waals surface area contributed by atoms with E-state index in [2.05, 4.69) is 0 Å². The molecule has 2 aromatic carbocycles. The molecule has 0 aliphatic carbocycles. The molecular weight excluding hydrogens is 254 g/mol. The van der Waals surface area contributed by atoms with E-state index in [4.69, 9.17) is 22.1 Å². The minimum atomic E-state index is 0.653. The van der Waals surface area contributed by atoms with Gasteiger partial charge in [-0.15, -0.1) is 0 Å². The van der Waals surface area contributed by atoms with Crippen LogP contribution in [0.1, 0.15) is 0 Å². The van der Waals surface area contributed by atoms with Crippen molar-refractivity contribution in [3.8, 4) is 5.75 Å². The van der Waals surface area contributed by atoms with Gasteiger partial charge in [0.1, 0.15) is 5.75 Å². The van der Waals surface area contributed by atoms with Crippen LogP contribution in [-0.2, 0) is 0 Å². The van der Waals surface area contributed by atoms with Crippen molar-refractivity contribution in [2.24, 2.45) is 0 Å². The van der Waals surface area contributed by atoms with Gasteiger partial charge in [-0.05, 0) is 30.3 Å². The number of para-hydroxylation sites is 1. The highest BCUT2D eigenvalue weighted by Crippen LogP contribution is 2.37. The number of anilines is 1.